The molecule has 0 saturated carbocycles. The molecule has 10 heteroatoms. The SMILES string of the molecule is Cc1ccc(C(=O)N2CCN(C(=O)Cn3cc(C(=O)O)nn3)CC2)s1. The predicted octanol–water partition coefficient (Wildman–Crippen LogP) is 0.331. The van der Waals surface area contributed by atoms with Crippen molar-refractivity contribution in [1.29, 1.82) is 0 Å². The Hall–Kier alpha value is -2.75. The number of aryl methyl sites for hydroxylation is 1. The van der Waals surface area contributed by atoms with Crippen LogP contribution in [0.5, 0.6) is 0 Å². The number of carbonyl (C=O) groups excluding carboxylic acids is 2. The highest BCUT2D eigenvalue weighted by molar-refractivity contribution is 7.13. The summed E-state index contributed by atoms with van der Waals surface area (Å²) in [5.41, 5.74) is -0.200. The van der Waals surface area contributed by atoms with E-state index in [1.54, 1.807) is 9.80 Å². The standard InChI is InChI=1S/C15H17N5O4S/c1-10-2-3-12(25-10)14(22)19-6-4-18(5-7-19)13(21)9-20-8-11(15(23)24)16-17-20/h2-3,8H,4-7,9H2,1H3,(H,23,24). The van der Waals surface area contributed by atoms with Gasteiger partial charge in [0.15, 0.2) is 5.69 Å². The molecule has 0 bridgehead atoms. The minimum atomic E-state index is -1.19. The van der Waals surface area contributed by atoms with Crippen molar-refractivity contribution < 1.29 is 19.5 Å². The normalized spacial score (nSPS) is 14.6. The number of hydrogen-bond donors (Lipinski definition) is 1. The number of amides is 2. The maximum Gasteiger partial charge on any atom is 0.358 e. The van der Waals surface area contributed by atoms with E-state index in [0.29, 0.717) is 31.1 Å². The van der Waals surface area contributed by atoms with Crippen LogP contribution in [0, 0.1) is 6.92 Å². The Morgan fingerprint density at radius 1 is 1.16 bits per heavy atom. The van der Waals surface area contributed by atoms with Gasteiger partial charge in [-0.15, -0.1) is 16.4 Å². The van der Waals surface area contributed by atoms with Gasteiger partial charge in [-0.05, 0) is 19.1 Å². The molecule has 1 N–H and O–H groups in total. The van der Waals surface area contributed by atoms with Gasteiger partial charge in [-0.2, -0.15) is 0 Å². The summed E-state index contributed by atoms with van der Waals surface area (Å²) in [6.07, 6.45) is 1.22. The Morgan fingerprint density at radius 2 is 1.84 bits per heavy atom. The van der Waals surface area contributed by atoms with Crippen molar-refractivity contribution >= 4 is 29.1 Å². The molecule has 0 spiro atoms. The van der Waals surface area contributed by atoms with Gasteiger partial charge in [-0.3, -0.25) is 9.59 Å². The summed E-state index contributed by atoms with van der Waals surface area (Å²) in [5, 5.41) is 15.9. The zero-order valence-electron chi connectivity index (χ0n) is 13.6. The van der Waals surface area contributed by atoms with E-state index in [0.717, 1.165) is 4.88 Å². The number of aromatic nitrogens is 3. The fraction of sp³-hybridized carbons (Fsp3) is 0.400. The van der Waals surface area contributed by atoms with Crippen molar-refractivity contribution in [3.8, 4) is 0 Å². The van der Waals surface area contributed by atoms with Crippen molar-refractivity contribution in [2.24, 2.45) is 0 Å². The molecule has 0 atom stereocenters. The van der Waals surface area contributed by atoms with Crippen LogP contribution in [0.15, 0.2) is 18.3 Å². The van der Waals surface area contributed by atoms with Crippen LogP contribution in [-0.4, -0.2) is 73.9 Å². The van der Waals surface area contributed by atoms with Gasteiger partial charge in [0, 0.05) is 31.1 Å². The minimum Gasteiger partial charge on any atom is -0.476 e. The fourth-order valence-electron chi connectivity index (χ4n) is 2.58. The van der Waals surface area contributed by atoms with E-state index in [-0.39, 0.29) is 24.1 Å². The lowest BCUT2D eigenvalue weighted by atomic mass is 10.3. The van der Waals surface area contributed by atoms with Gasteiger partial charge in [0.25, 0.3) is 5.91 Å². The van der Waals surface area contributed by atoms with Crippen molar-refractivity contribution in [3.05, 3.63) is 33.8 Å². The highest BCUT2D eigenvalue weighted by Crippen LogP contribution is 2.18. The maximum atomic E-state index is 12.4. The Kier molecular flexibility index (Phi) is 4.79. The van der Waals surface area contributed by atoms with Gasteiger partial charge >= 0.3 is 5.97 Å². The summed E-state index contributed by atoms with van der Waals surface area (Å²) in [4.78, 5) is 40.6. The van der Waals surface area contributed by atoms with Crippen LogP contribution in [0.25, 0.3) is 0 Å². The highest BCUT2D eigenvalue weighted by Gasteiger charge is 2.26. The topological polar surface area (TPSA) is 109 Å². The predicted molar refractivity (Wildman–Crippen MR) is 88.5 cm³/mol. The van der Waals surface area contributed by atoms with E-state index >= 15 is 0 Å². The van der Waals surface area contributed by atoms with Crippen LogP contribution in [0.4, 0.5) is 0 Å². The minimum absolute atomic E-state index is 0.00687. The molecule has 25 heavy (non-hydrogen) atoms. The Balaban J connectivity index is 1.53. The molecule has 132 valence electrons. The second-order valence-corrected chi connectivity index (χ2v) is 6.98. The second kappa shape index (κ2) is 7.01. The van der Waals surface area contributed by atoms with Crippen molar-refractivity contribution in [2.75, 3.05) is 26.2 Å². The number of thiophene rings is 1. The number of aromatic carboxylic acids is 1. The van der Waals surface area contributed by atoms with Gasteiger partial charge in [-0.25, -0.2) is 9.48 Å². The number of carbonyl (C=O) groups is 3. The van der Waals surface area contributed by atoms with E-state index < -0.39 is 5.97 Å². The molecule has 3 rings (SSSR count). The summed E-state index contributed by atoms with van der Waals surface area (Å²) in [6, 6.07) is 3.74. The maximum absolute atomic E-state index is 12.4. The first-order valence-corrected chi connectivity index (χ1v) is 8.52. The van der Waals surface area contributed by atoms with E-state index in [4.69, 9.17) is 5.11 Å². The first kappa shape index (κ1) is 17.1. The van der Waals surface area contributed by atoms with Crippen LogP contribution in [0.3, 0.4) is 0 Å². The molecule has 2 aromatic heterocycles. The highest BCUT2D eigenvalue weighted by atomic mass is 32.1. The molecular weight excluding hydrogens is 346 g/mol. The molecule has 1 saturated heterocycles. The Labute approximate surface area is 147 Å². The molecule has 2 amide bonds. The van der Waals surface area contributed by atoms with Crippen LogP contribution in [0.2, 0.25) is 0 Å². The van der Waals surface area contributed by atoms with E-state index in [2.05, 4.69) is 10.3 Å². The quantitative estimate of drug-likeness (QED) is 0.839. The number of piperazine rings is 1. The Bertz CT molecular complexity index is 806. The lowest BCUT2D eigenvalue weighted by molar-refractivity contribution is -0.133. The van der Waals surface area contributed by atoms with Gasteiger partial charge in [0.2, 0.25) is 5.91 Å². The number of carboxylic acid groups (broad SMARTS) is 1. The van der Waals surface area contributed by atoms with Gasteiger partial charge in [-0.1, -0.05) is 5.21 Å². The summed E-state index contributed by atoms with van der Waals surface area (Å²) in [7, 11) is 0. The van der Waals surface area contributed by atoms with Gasteiger partial charge in [0.1, 0.15) is 6.54 Å². The number of rotatable bonds is 4. The van der Waals surface area contributed by atoms with Crippen LogP contribution in [-0.2, 0) is 11.3 Å². The largest absolute Gasteiger partial charge is 0.476 e. The molecule has 0 aliphatic carbocycles. The molecule has 0 aromatic carbocycles. The lowest BCUT2D eigenvalue weighted by Crippen LogP contribution is -2.51. The number of hydrogen-bond acceptors (Lipinski definition) is 6. The van der Waals surface area contributed by atoms with E-state index in [1.165, 1.54) is 22.2 Å². The zero-order chi connectivity index (χ0) is 18.0. The lowest BCUT2D eigenvalue weighted by Gasteiger charge is -2.34. The zero-order valence-corrected chi connectivity index (χ0v) is 14.4. The fourth-order valence-corrected chi connectivity index (χ4v) is 3.41. The first-order chi connectivity index (χ1) is 11.9. The third-order valence-corrected chi connectivity index (χ3v) is 4.91. The molecule has 9 nitrogen and oxygen atoms in total. The van der Waals surface area contributed by atoms with Crippen molar-refractivity contribution in [1.82, 2.24) is 24.8 Å². The third kappa shape index (κ3) is 3.85. The van der Waals surface area contributed by atoms with Gasteiger partial charge in [0.05, 0.1) is 11.1 Å². The molecular formula is C15H17N5O4S. The monoisotopic (exact) mass is 363 g/mol. The van der Waals surface area contributed by atoms with Crippen LogP contribution >= 0.6 is 11.3 Å². The number of carboxylic acids is 1. The molecule has 1 aliphatic heterocycles. The summed E-state index contributed by atoms with van der Waals surface area (Å²) in [6.45, 7) is 3.71. The smallest absolute Gasteiger partial charge is 0.358 e. The van der Waals surface area contributed by atoms with Crippen LogP contribution in [0.1, 0.15) is 25.0 Å². The third-order valence-electron chi connectivity index (χ3n) is 3.93. The summed E-state index contributed by atoms with van der Waals surface area (Å²) < 4.78 is 1.21. The van der Waals surface area contributed by atoms with E-state index in [1.807, 2.05) is 19.1 Å². The number of nitrogens with zero attached hydrogens (tertiary/aromatic N) is 5. The average Bonchev–Trinajstić information content (AvgIpc) is 3.23. The first-order valence-electron chi connectivity index (χ1n) is 7.71. The Morgan fingerprint density at radius 3 is 2.40 bits per heavy atom. The molecule has 0 unspecified atom stereocenters. The van der Waals surface area contributed by atoms with Crippen LogP contribution < -0.4 is 0 Å². The molecule has 1 fully saturated rings. The molecule has 3 heterocycles. The molecule has 2 aromatic rings. The molecule has 0 radical (unpaired) electrons. The van der Waals surface area contributed by atoms with Gasteiger partial charge < -0.3 is 14.9 Å². The molecule has 1 aliphatic rings. The van der Waals surface area contributed by atoms with E-state index in [9.17, 15) is 14.4 Å². The van der Waals surface area contributed by atoms with Crippen molar-refractivity contribution in [2.45, 2.75) is 13.5 Å². The summed E-state index contributed by atoms with van der Waals surface area (Å²) >= 11 is 1.46. The second-order valence-electron chi connectivity index (χ2n) is 5.69. The van der Waals surface area contributed by atoms with Crippen molar-refractivity contribution in [3.63, 3.8) is 0 Å². The summed E-state index contributed by atoms with van der Waals surface area (Å²) in [5.74, 6) is -1.37. The average molecular weight is 363 g/mol.